The lowest BCUT2D eigenvalue weighted by Gasteiger charge is -2.26. The summed E-state index contributed by atoms with van der Waals surface area (Å²) < 4.78 is 13.5. The minimum Gasteiger partial charge on any atom is -0.275 e. The van der Waals surface area contributed by atoms with Crippen LogP contribution >= 0.6 is 0 Å². The van der Waals surface area contributed by atoms with Crippen LogP contribution in [0.4, 0.5) is 10.1 Å². The van der Waals surface area contributed by atoms with Gasteiger partial charge in [-0.2, -0.15) is 0 Å². The predicted octanol–water partition coefficient (Wildman–Crippen LogP) is 1.92. The molecule has 15 heavy (non-hydrogen) atoms. The van der Waals surface area contributed by atoms with Gasteiger partial charge in [-0.05, 0) is 12.1 Å². The highest BCUT2D eigenvalue weighted by molar-refractivity contribution is 5.82. The van der Waals surface area contributed by atoms with E-state index in [0.717, 1.165) is 0 Å². The molecule has 0 spiro atoms. The molecule has 78 valence electrons. The number of carbonyl (C=O) groups excluding carboxylic acids is 1. The summed E-state index contributed by atoms with van der Waals surface area (Å²) in [5, 5.41) is 2.93. The summed E-state index contributed by atoms with van der Waals surface area (Å²) in [5.74, 6) is -0.396. The molecule has 0 saturated carbocycles. The Morgan fingerprint density at radius 1 is 1.40 bits per heavy atom. The van der Waals surface area contributed by atoms with E-state index in [4.69, 9.17) is 0 Å². The van der Waals surface area contributed by atoms with E-state index in [-0.39, 0.29) is 11.7 Å². The van der Waals surface area contributed by atoms with Gasteiger partial charge in [0.2, 0.25) is 5.91 Å². The third kappa shape index (κ3) is 1.58. The van der Waals surface area contributed by atoms with Crippen molar-refractivity contribution in [3.05, 3.63) is 42.9 Å². The minimum absolute atomic E-state index is 0.0618. The molecule has 1 aliphatic heterocycles. The molecule has 0 radical (unpaired) electrons. The van der Waals surface area contributed by atoms with E-state index in [1.807, 2.05) is 0 Å². The highest BCUT2D eigenvalue weighted by Gasteiger charge is 2.28. The van der Waals surface area contributed by atoms with Crippen LogP contribution in [0.2, 0.25) is 0 Å². The maximum Gasteiger partial charge on any atom is 0.247 e. The zero-order valence-electron chi connectivity index (χ0n) is 8.19. The minimum atomic E-state index is -0.334. The second-order valence-corrected chi connectivity index (χ2v) is 3.25. The van der Waals surface area contributed by atoms with Gasteiger partial charge in [0.05, 0.1) is 5.69 Å². The van der Waals surface area contributed by atoms with Crippen molar-refractivity contribution in [1.29, 1.82) is 0 Å². The maximum absolute atomic E-state index is 13.5. The average molecular weight is 206 g/mol. The molecular formula is C11H11FN2O. The molecular weight excluding hydrogens is 195 g/mol. The fraction of sp³-hybridized carbons (Fsp3) is 0.182. The maximum atomic E-state index is 13.5. The van der Waals surface area contributed by atoms with E-state index in [2.05, 4.69) is 6.58 Å². The number of nitrogens with zero attached hydrogens (tertiary/aromatic N) is 2. The molecule has 1 aliphatic rings. The molecule has 4 heteroatoms. The van der Waals surface area contributed by atoms with Gasteiger partial charge in [-0.25, -0.2) is 9.40 Å². The number of carbonyl (C=O) groups is 1. The molecule has 1 saturated heterocycles. The first-order valence-electron chi connectivity index (χ1n) is 4.70. The molecule has 0 N–H and O–H groups in total. The number of rotatable bonds is 2. The van der Waals surface area contributed by atoms with Gasteiger partial charge in [-0.1, -0.05) is 18.7 Å². The summed E-state index contributed by atoms with van der Waals surface area (Å²) in [6, 6.07) is 6.38. The Kier molecular flexibility index (Phi) is 2.41. The smallest absolute Gasteiger partial charge is 0.247 e. The Morgan fingerprint density at radius 2 is 2.13 bits per heavy atom. The van der Waals surface area contributed by atoms with Crippen LogP contribution < -0.4 is 5.01 Å². The first-order chi connectivity index (χ1) is 7.24. The molecule has 2 rings (SSSR count). The molecule has 1 aromatic carbocycles. The number of benzene rings is 1. The molecule has 0 atom stereocenters. The molecule has 0 aromatic heterocycles. The van der Waals surface area contributed by atoms with Gasteiger partial charge in [-0.15, -0.1) is 0 Å². The zero-order chi connectivity index (χ0) is 10.8. The number of halogens is 1. The molecule has 0 unspecified atom stereocenters. The van der Waals surface area contributed by atoms with Gasteiger partial charge < -0.3 is 0 Å². The molecule has 1 aromatic rings. The van der Waals surface area contributed by atoms with Gasteiger partial charge in [0.1, 0.15) is 5.82 Å². The van der Waals surface area contributed by atoms with Gasteiger partial charge in [-0.3, -0.25) is 9.80 Å². The van der Waals surface area contributed by atoms with E-state index < -0.39 is 0 Å². The number of hydrogen-bond donors (Lipinski definition) is 0. The molecule has 0 aliphatic carbocycles. The fourth-order valence-corrected chi connectivity index (χ4v) is 1.66. The van der Waals surface area contributed by atoms with Gasteiger partial charge >= 0.3 is 0 Å². The second kappa shape index (κ2) is 3.73. The summed E-state index contributed by atoms with van der Waals surface area (Å²) in [5.41, 5.74) is 0.406. The van der Waals surface area contributed by atoms with E-state index in [9.17, 15) is 9.18 Å². The number of hydrogen-bond acceptors (Lipinski definition) is 2. The van der Waals surface area contributed by atoms with Crippen LogP contribution in [-0.4, -0.2) is 17.5 Å². The Bertz CT molecular complexity index is 405. The SMILES string of the molecule is C=CN1C(=O)CCN1c1ccccc1F. The van der Waals surface area contributed by atoms with Crippen molar-refractivity contribution in [2.24, 2.45) is 0 Å². The van der Waals surface area contributed by atoms with E-state index in [1.54, 1.807) is 23.2 Å². The highest BCUT2D eigenvalue weighted by Crippen LogP contribution is 2.25. The van der Waals surface area contributed by atoms with Crippen molar-refractivity contribution in [3.8, 4) is 0 Å². The summed E-state index contributed by atoms with van der Waals surface area (Å²) in [7, 11) is 0. The van der Waals surface area contributed by atoms with Gasteiger partial charge in [0.25, 0.3) is 0 Å². The zero-order valence-corrected chi connectivity index (χ0v) is 8.19. The van der Waals surface area contributed by atoms with Crippen molar-refractivity contribution >= 4 is 11.6 Å². The molecule has 3 nitrogen and oxygen atoms in total. The van der Waals surface area contributed by atoms with E-state index in [1.165, 1.54) is 17.3 Å². The van der Waals surface area contributed by atoms with Gasteiger partial charge in [0, 0.05) is 19.2 Å². The van der Waals surface area contributed by atoms with Gasteiger partial charge in [0.15, 0.2) is 0 Å². The van der Waals surface area contributed by atoms with Crippen LogP contribution in [0.25, 0.3) is 0 Å². The first kappa shape index (κ1) is 9.71. The lowest BCUT2D eigenvalue weighted by Crippen LogP contribution is -2.34. The summed E-state index contributed by atoms with van der Waals surface area (Å²) >= 11 is 0. The fourth-order valence-electron chi connectivity index (χ4n) is 1.66. The molecule has 1 heterocycles. The topological polar surface area (TPSA) is 23.6 Å². The van der Waals surface area contributed by atoms with E-state index in [0.29, 0.717) is 18.7 Å². The third-order valence-electron chi connectivity index (χ3n) is 2.36. The lowest BCUT2D eigenvalue weighted by molar-refractivity contribution is -0.125. The van der Waals surface area contributed by atoms with Crippen LogP contribution in [0.5, 0.6) is 0 Å². The standard InChI is InChI=1S/C11H11FN2O/c1-2-13-11(15)7-8-14(13)10-6-4-3-5-9(10)12/h2-6H,1,7-8H2. The van der Waals surface area contributed by atoms with Crippen molar-refractivity contribution < 1.29 is 9.18 Å². The van der Waals surface area contributed by atoms with Crippen molar-refractivity contribution in [3.63, 3.8) is 0 Å². The number of anilines is 1. The van der Waals surface area contributed by atoms with Crippen LogP contribution in [0.1, 0.15) is 6.42 Å². The molecule has 0 bridgehead atoms. The Morgan fingerprint density at radius 3 is 2.80 bits per heavy atom. The quantitative estimate of drug-likeness (QED) is 0.738. The summed E-state index contributed by atoms with van der Waals surface area (Å²) in [4.78, 5) is 11.4. The summed E-state index contributed by atoms with van der Waals surface area (Å²) in [6.45, 7) is 4.03. The number of amides is 1. The Hall–Kier alpha value is -1.84. The van der Waals surface area contributed by atoms with Crippen molar-refractivity contribution in [1.82, 2.24) is 5.01 Å². The first-order valence-corrected chi connectivity index (χ1v) is 4.70. The van der Waals surface area contributed by atoms with Crippen molar-refractivity contribution in [2.75, 3.05) is 11.6 Å². The predicted molar refractivity (Wildman–Crippen MR) is 55.4 cm³/mol. The number of hydrazine groups is 1. The molecule has 1 fully saturated rings. The van der Waals surface area contributed by atoms with Crippen LogP contribution in [-0.2, 0) is 4.79 Å². The normalized spacial score (nSPS) is 15.9. The highest BCUT2D eigenvalue weighted by atomic mass is 19.1. The van der Waals surface area contributed by atoms with Crippen LogP contribution in [0, 0.1) is 5.82 Å². The summed E-state index contributed by atoms with van der Waals surface area (Å²) in [6.07, 6.45) is 1.79. The lowest BCUT2D eigenvalue weighted by atomic mass is 10.3. The Balaban J connectivity index is 2.36. The van der Waals surface area contributed by atoms with E-state index >= 15 is 0 Å². The third-order valence-corrected chi connectivity index (χ3v) is 2.36. The average Bonchev–Trinajstić information content (AvgIpc) is 2.60. The van der Waals surface area contributed by atoms with Crippen LogP contribution in [0.15, 0.2) is 37.0 Å². The largest absolute Gasteiger partial charge is 0.275 e. The number of para-hydroxylation sites is 1. The monoisotopic (exact) mass is 206 g/mol. The Labute approximate surface area is 87.4 Å². The van der Waals surface area contributed by atoms with Crippen LogP contribution in [0.3, 0.4) is 0 Å². The second-order valence-electron chi connectivity index (χ2n) is 3.25. The molecule has 1 amide bonds. The van der Waals surface area contributed by atoms with Crippen molar-refractivity contribution in [2.45, 2.75) is 6.42 Å².